The summed E-state index contributed by atoms with van der Waals surface area (Å²) in [6.07, 6.45) is 55.8. The first kappa shape index (κ1) is 52.6. The zero-order valence-corrected chi connectivity index (χ0v) is 36.1. The zero-order chi connectivity index (χ0) is 40.8. The molecule has 0 heterocycles. The van der Waals surface area contributed by atoms with Gasteiger partial charge in [0.15, 0.2) is 6.10 Å². The summed E-state index contributed by atoms with van der Waals surface area (Å²) in [7, 11) is 0. The van der Waals surface area contributed by atoms with Gasteiger partial charge in [0.05, 0.1) is 0 Å². The van der Waals surface area contributed by atoms with Gasteiger partial charge in [0.25, 0.3) is 0 Å². The van der Waals surface area contributed by atoms with Crippen molar-refractivity contribution in [3.8, 4) is 0 Å². The van der Waals surface area contributed by atoms with Gasteiger partial charge in [0.2, 0.25) is 0 Å². The molecule has 0 radical (unpaired) electrons. The molecule has 1 atom stereocenters. The van der Waals surface area contributed by atoms with Crippen LogP contribution in [0, 0.1) is 0 Å². The van der Waals surface area contributed by atoms with E-state index in [4.69, 9.17) is 14.2 Å². The molecule has 0 bridgehead atoms. The van der Waals surface area contributed by atoms with E-state index < -0.39 is 6.10 Å². The van der Waals surface area contributed by atoms with Crippen molar-refractivity contribution >= 4 is 17.9 Å². The summed E-state index contributed by atoms with van der Waals surface area (Å²) in [6, 6.07) is 0. The Hall–Kier alpha value is -3.41. The second kappa shape index (κ2) is 44.3. The van der Waals surface area contributed by atoms with Gasteiger partial charge in [-0.25, -0.2) is 0 Å². The van der Waals surface area contributed by atoms with Crippen LogP contribution in [0.1, 0.15) is 194 Å². The van der Waals surface area contributed by atoms with Crippen molar-refractivity contribution in [2.75, 3.05) is 13.2 Å². The third-order valence-corrected chi connectivity index (χ3v) is 9.24. The Morgan fingerprint density at radius 3 is 1.36 bits per heavy atom. The summed E-state index contributed by atoms with van der Waals surface area (Å²) in [6.45, 7) is 6.27. The Kier molecular flexibility index (Phi) is 41.6. The lowest BCUT2D eigenvalue weighted by Crippen LogP contribution is -2.30. The lowest BCUT2D eigenvalue weighted by molar-refractivity contribution is -0.167. The summed E-state index contributed by atoms with van der Waals surface area (Å²) < 4.78 is 16.6. The molecule has 0 spiro atoms. The average molecular weight is 779 g/mol. The molecule has 0 aliphatic heterocycles. The van der Waals surface area contributed by atoms with Gasteiger partial charge in [-0.2, -0.15) is 0 Å². The van der Waals surface area contributed by atoms with Crippen LogP contribution in [0.2, 0.25) is 0 Å². The van der Waals surface area contributed by atoms with E-state index in [9.17, 15) is 14.4 Å². The predicted molar refractivity (Wildman–Crippen MR) is 237 cm³/mol. The number of hydrogen-bond donors (Lipinski definition) is 0. The van der Waals surface area contributed by atoms with Crippen LogP contribution in [0.25, 0.3) is 0 Å². The van der Waals surface area contributed by atoms with Crippen LogP contribution in [0.5, 0.6) is 0 Å². The molecule has 0 amide bonds. The highest BCUT2D eigenvalue weighted by Gasteiger charge is 2.19. The van der Waals surface area contributed by atoms with E-state index in [1.807, 2.05) is 36.5 Å². The number of rotatable bonds is 39. The Labute approximate surface area is 344 Å². The first-order valence-corrected chi connectivity index (χ1v) is 22.6. The smallest absolute Gasteiger partial charge is 0.306 e. The first-order valence-electron chi connectivity index (χ1n) is 22.6. The highest BCUT2D eigenvalue weighted by Crippen LogP contribution is 2.14. The number of allylic oxidation sites excluding steroid dienone is 14. The Bertz CT molecular complexity index is 1120. The van der Waals surface area contributed by atoms with Crippen molar-refractivity contribution in [3.05, 3.63) is 85.1 Å². The Morgan fingerprint density at radius 2 is 0.804 bits per heavy atom. The molecule has 0 aliphatic rings. The van der Waals surface area contributed by atoms with Gasteiger partial charge >= 0.3 is 17.9 Å². The van der Waals surface area contributed by atoms with Crippen LogP contribution in [0.4, 0.5) is 0 Å². The quantitative estimate of drug-likeness (QED) is 0.0203. The van der Waals surface area contributed by atoms with Crippen LogP contribution in [-0.4, -0.2) is 37.2 Å². The van der Waals surface area contributed by atoms with E-state index in [2.05, 4.69) is 69.4 Å². The fourth-order valence-electron chi connectivity index (χ4n) is 5.89. The van der Waals surface area contributed by atoms with Gasteiger partial charge in [-0.3, -0.25) is 14.4 Å². The van der Waals surface area contributed by atoms with Crippen molar-refractivity contribution in [2.24, 2.45) is 0 Å². The Balaban J connectivity index is 4.50. The van der Waals surface area contributed by atoms with Crippen molar-refractivity contribution in [2.45, 2.75) is 200 Å². The number of carbonyl (C=O) groups is 3. The molecule has 0 saturated heterocycles. The summed E-state index contributed by atoms with van der Waals surface area (Å²) in [4.78, 5) is 37.7. The topological polar surface area (TPSA) is 78.9 Å². The molecule has 56 heavy (non-hydrogen) atoms. The van der Waals surface area contributed by atoms with Gasteiger partial charge in [-0.15, -0.1) is 0 Å². The van der Waals surface area contributed by atoms with Crippen LogP contribution in [0.3, 0.4) is 0 Å². The third-order valence-electron chi connectivity index (χ3n) is 9.24. The monoisotopic (exact) mass is 779 g/mol. The molecular formula is C50H82O6. The van der Waals surface area contributed by atoms with Gasteiger partial charge in [-0.05, 0) is 64.2 Å². The minimum atomic E-state index is -0.813. The standard InChI is InChI=1S/C50H82O6/c1-4-7-10-13-16-19-22-24-26-28-31-34-37-40-43-49(52)55-46-47(45-54-48(51)42-39-36-33-30-27-21-18-15-12-9-6-3)56-50(53)44-41-38-35-32-29-25-23-20-17-14-11-8-5-2/h8-9,11-12,14,17-18,20-21,23,25,29-30,33,47H,4-7,10,13,15-16,19,22,24,26-28,31-32,34-46H2,1-3H3/b11-8-,12-9-,17-14-,21-18-,23-20-,29-25-,33-30-. The highest BCUT2D eigenvalue weighted by atomic mass is 16.6. The van der Waals surface area contributed by atoms with Crippen LogP contribution in [-0.2, 0) is 28.6 Å². The lowest BCUT2D eigenvalue weighted by atomic mass is 10.0. The van der Waals surface area contributed by atoms with Crippen molar-refractivity contribution in [1.82, 2.24) is 0 Å². The summed E-state index contributed by atoms with van der Waals surface area (Å²) in [5.41, 5.74) is 0. The molecule has 318 valence electrons. The maximum atomic E-state index is 12.7. The minimum absolute atomic E-state index is 0.108. The summed E-state index contributed by atoms with van der Waals surface area (Å²) >= 11 is 0. The normalized spacial score (nSPS) is 12.8. The molecule has 1 unspecified atom stereocenters. The van der Waals surface area contributed by atoms with Gasteiger partial charge < -0.3 is 14.2 Å². The fourth-order valence-corrected chi connectivity index (χ4v) is 5.89. The molecular weight excluding hydrogens is 697 g/mol. The second-order valence-corrected chi connectivity index (χ2v) is 14.6. The van der Waals surface area contributed by atoms with Crippen LogP contribution in [0.15, 0.2) is 85.1 Å². The summed E-state index contributed by atoms with van der Waals surface area (Å²) in [5, 5.41) is 0. The highest BCUT2D eigenvalue weighted by molar-refractivity contribution is 5.71. The van der Waals surface area contributed by atoms with E-state index in [-0.39, 0.29) is 44.0 Å². The van der Waals surface area contributed by atoms with Crippen molar-refractivity contribution in [3.63, 3.8) is 0 Å². The average Bonchev–Trinajstić information content (AvgIpc) is 3.19. The van der Waals surface area contributed by atoms with E-state index in [0.717, 1.165) is 70.6 Å². The van der Waals surface area contributed by atoms with Crippen molar-refractivity contribution in [1.29, 1.82) is 0 Å². The van der Waals surface area contributed by atoms with Crippen LogP contribution >= 0.6 is 0 Å². The van der Waals surface area contributed by atoms with Gasteiger partial charge in [0, 0.05) is 19.3 Å². The molecule has 6 nitrogen and oxygen atoms in total. The molecule has 0 aliphatic carbocycles. The SMILES string of the molecule is CC\C=C/C=C\C=C/C=C\CCCCCC(=O)OC(COC(=O)CCC/C=C\C/C=C\C/C=C\CC)COC(=O)CCCCCCCCCCCCCCCC. The maximum absolute atomic E-state index is 12.7. The molecule has 0 saturated carbocycles. The first-order chi connectivity index (χ1) is 27.5. The largest absolute Gasteiger partial charge is 0.462 e. The summed E-state index contributed by atoms with van der Waals surface area (Å²) in [5.74, 6) is -1.01. The zero-order valence-electron chi connectivity index (χ0n) is 36.1. The molecule has 0 aromatic rings. The third kappa shape index (κ3) is 41.7. The molecule has 0 N–H and O–H groups in total. The molecule has 0 rings (SSSR count). The Morgan fingerprint density at radius 1 is 0.393 bits per heavy atom. The van der Waals surface area contributed by atoms with Crippen LogP contribution < -0.4 is 0 Å². The van der Waals surface area contributed by atoms with E-state index in [0.29, 0.717) is 19.3 Å². The molecule has 6 heteroatoms. The maximum Gasteiger partial charge on any atom is 0.306 e. The van der Waals surface area contributed by atoms with E-state index in [1.54, 1.807) is 0 Å². The second-order valence-electron chi connectivity index (χ2n) is 14.6. The lowest BCUT2D eigenvalue weighted by Gasteiger charge is -2.18. The van der Waals surface area contributed by atoms with Gasteiger partial charge in [-0.1, -0.05) is 196 Å². The van der Waals surface area contributed by atoms with E-state index >= 15 is 0 Å². The minimum Gasteiger partial charge on any atom is -0.462 e. The fraction of sp³-hybridized carbons (Fsp3) is 0.660. The number of unbranched alkanes of at least 4 members (excludes halogenated alkanes) is 17. The molecule has 0 fully saturated rings. The number of esters is 3. The van der Waals surface area contributed by atoms with Crippen molar-refractivity contribution < 1.29 is 28.6 Å². The van der Waals surface area contributed by atoms with Gasteiger partial charge in [0.1, 0.15) is 13.2 Å². The number of carbonyl (C=O) groups excluding carboxylic acids is 3. The molecule has 0 aromatic carbocycles. The van der Waals surface area contributed by atoms with E-state index in [1.165, 1.54) is 70.6 Å². The predicted octanol–water partition coefficient (Wildman–Crippen LogP) is 14.5. The number of hydrogen-bond acceptors (Lipinski definition) is 6. The number of ether oxygens (including phenoxy) is 3. The molecule has 0 aromatic heterocycles.